The van der Waals surface area contributed by atoms with E-state index in [0.29, 0.717) is 12.3 Å². The number of hydrogen-bond donors (Lipinski definition) is 2. The molecule has 1 unspecified atom stereocenters. The molecule has 3 aromatic rings. The number of rotatable bonds is 7. The van der Waals surface area contributed by atoms with Crippen LogP contribution in [0.5, 0.6) is 0 Å². The van der Waals surface area contributed by atoms with Crippen molar-refractivity contribution in [1.29, 1.82) is 0 Å². The zero-order valence-corrected chi connectivity index (χ0v) is 18.1. The fourth-order valence-corrected chi connectivity index (χ4v) is 5.38. The van der Waals surface area contributed by atoms with Crippen LogP contribution in [0.3, 0.4) is 0 Å². The molecule has 2 aromatic carbocycles. The van der Waals surface area contributed by atoms with Gasteiger partial charge in [0.25, 0.3) is 0 Å². The highest BCUT2D eigenvalue weighted by Crippen LogP contribution is 2.34. The number of aryl methyl sites for hydroxylation is 1. The highest BCUT2D eigenvalue weighted by atomic mass is 32.2. The molecule has 1 aliphatic heterocycles. The Morgan fingerprint density at radius 2 is 2.07 bits per heavy atom. The molecule has 6 nitrogen and oxygen atoms in total. The number of aromatic nitrogens is 2. The molecule has 0 amide bonds. The predicted octanol–water partition coefficient (Wildman–Crippen LogP) is 4.13. The van der Waals surface area contributed by atoms with Crippen LogP contribution in [0.15, 0.2) is 55.0 Å². The number of aromatic amines is 1. The first-order valence-corrected chi connectivity index (χ1v) is 11.8. The Bertz CT molecular complexity index is 1100. The Morgan fingerprint density at radius 1 is 1.23 bits per heavy atom. The summed E-state index contributed by atoms with van der Waals surface area (Å²) >= 11 is 0. The van der Waals surface area contributed by atoms with Gasteiger partial charge in [0.1, 0.15) is 0 Å². The molecule has 1 saturated heterocycles. The minimum Gasteiger partial charge on any atom is -0.377 e. The van der Waals surface area contributed by atoms with E-state index in [1.54, 1.807) is 12.4 Å². The molecule has 1 aliphatic rings. The number of H-pyrrole nitrogens is 1. The van der Waals surface area contributed by atoms with Crippen molar-refractivity contribution < 1.29 is 13.2 Å². The first-order valence-electron chi connectivity index (χ1n) is 10.2. The molecule has 0 radical (unpaired) electrons. The lowest BCUT2D eigenvalue weighted by molar-refractivity contribution is 0.127. The number of ether oxygens (including phenoxy) is 1. The lowest BCUT2D eigenvalue weighted by atomic mass is 9.85. The number of hydrogen-bond acceptors (Lipinski definition) is 4. The molecule has 158 valence electrons. The maximum absolute atomic E-state index is 12.6. The second kappa shape index (κ2) is 8.62. The topological polar surface area (TPSA) is 84.1 Å². The molecule has 30 heavy (non-hydrogen) atoms. The van der Waals surface area contributed by atoms with Gasteiger partial charge in [-0.3, -0.25) is 4.72 Å². The van der Waals surface area contributed by atoms with Crippen molar-refractivity contribution in [2.24, 2.45) is 0 Å². The van der Waals surface area contributed by atoms with Gasteiger partial charge >= 0.3 is 0 Å². The summed E-state index contributed by atoms with van der Waals surface area (Å²) in [5.74, 6) is -0.0897. The number of benzene rings is 2. The second-order valence-corrected chi connectivity index (χ2v) is 9.64. The minimum atomic E-state index is -3.49. The monoisotopic (exact) mass is 425 g/mol. The number of sulfonamides is 1. The summed E-state index contributed by atoms with van der Waals surface area (Å²) in [7, 11) is -3.49. The SMILES string of the molecule is Cc1cccc(C(c2cccc(NS(=O)(=O)C[C@H]3CCCO3)c2)c2cnc[nH]2)c1C. The minimum absolute atomic E-state index is 0.0157. The maximum atomic E-state index is 12.6. The molecule has 0 spiro atoms. The van der Waals surface area contributed by atoms with Crippen LogP contribution in [-0.4, -0.2) is 36.8 Å². The molecule has 0 aliphatic carbocycles. The zero-order chi connectivity index (χ0) is 21.1. The second-order valence-electron chi connectivity index (χ2n) is 7.87. The van der Waals surface area contributed by atoms with Crippen LogP contribution < -0.4 is 4.72 Å². The Morgan fingerprint density at radius 3 is 2.80 bits per heavy atom. The van der Waals surface area contributed by atoms with Crippen LogP contribution in [0.2, 0.25) is 0 Å². The smallest absolute Gasteiger partial charge is 0.235 e. The highest BCUT2D eigenvalue weighted by molar-refractivity contribution is 7.92. The average Bonchev–Trinajstić information content (AvgIpc) is 3.39. The Balaban J connectivity index is 1.67. The zero-order valence-electron chi connectivity index (χ0n) is 17.3. The Hall–Kier alpha value is -2.64. The summed E-state index contributed by atoms with van der Waals surface area (Å²) in [6.45, 7) is 4.85. The molecule has 2 heterocycles. The van der Waals surface area contributed by atoms with Gasteiger partial charge in [0.2, 0.25) is 10.0 Å². The van der Waals surface area contributed by atoms with Crippen molar-refractivity contribution in [3.8, 4) is 0 Å². The van der Waals surface area contributed by atoms with Crippen LogP contribution in [0, 0.1) is 13.8 Å². The van der Waals surface area contributed by atoms with E-state index in [9.17, 15) is 8.42 Å². The summed E-state index contributed by atoms with van der Waals surface area (Å²) in [6.07, 6.45) is 4.97. The molecule has 0 saturated carbocycles. The summed E-state index contributed by atoms with van der Waals surface area (Å²) in [6, 6.07) is 13.8. The summed E-state index contributed by atoms with van der Waals surface area (Å²) < 4.78 is 33.5. The van der Waals surface area contributed by atoms with E-state index in [0.717, 1.165) is 24.1 Å². The molecule has 1 aromatic heterocycles. The Kier molecular flexibility index (Phi) is 5.92. The molecular weight excluding hydrogens is 398 g/mol. The van der Waals surface area contributed by atoms with Crippen LogP contribution in [0.4, 0.5) is 5.69 Å². The van der Waals surface area contributed by atoms with Crippen LogP contribution in [-0.2, 0) is 14.8 Å². The third-order valence-corrected chi connectivity index (χ3v) is 7.07. The molecule has 4 rings (SSSR count). The van der Waals surface area contributed by atoms with Gasteiger partial charge in [-0.1, -0.05) is 30.3 Å². The van der Waals surface area contributed by atoms with E-state index < -0.39 is 10.0 Å². The van der Waals surface area contributed by atoms with Crippen LogP contribution in [0.25, 0.3) is 0 Å². The van der Waals surface area contributed by atoms with Gasteiger partial charge in [-0.2, -0.15) is 0 Å². The predicted molar refractivity (Wildman–Crippen MR) is 118 cm³/mol. The third kappa shape index (κ3) is 4.57. The molecular formula is C23H27N3O3S. The molecule has 2 N–H and O–H groups in total. The van der Waals surface area contributed by atoms with E-state index in [1.165, 1.54) is 16.7 Å². The van der Waals surface area contributed by atoms with E-state index in [1.807, 2.05) is 24.4 Å². The van der Waals surface area contributed by atoms with Gasteiger partial charge in [-0.25, -0.2) is 13.4 Å². The van der Waals surface area contributed by atoms with Crippen molar-refractivity contribution in [3.63, 3.8) is 0 Å². The fraction of sp³-hybridized carbons (Fsp3) is 0.348. The van der Waals surface area contributed by atoms with E-state index >= 15 is 0 Å². The van der Waals surface area contributed by atoms with Gasteiger partial charge in [0, 0.05) is 24.2 Å². The summed E-state index contributed by atoms with van der Waals surface area (Å²) in [5.41, 5.74) is 6.10. The van der Waals surface area contributed by atoms with Gasteiger partial charge < -0.3 is 9.72 Å². The van der Waals surface area contributed by atoms with E-state index in [4.69, 9.17) is 4.74 Å². The van der Waals surface area contributed by atoms with Crippen molar-refractivity contribution in [3.05, 3.63) is 82.9 Å². The lowest BCUT2D eigenvalue weighted by Gasteiger charge is -2.21. The first-order chi connectivity index (χ1) is 14.4. The van der Waals surface area contributed by atoms with Crippen LogP contribution >= 0.6 is 0 Å². The first kappa shape index (κ1) is 20.6. The number of nitrogens with zero attached hydrogens (tertiary/aromatic N) is 1. The molecule has 1 fully saturated rings. The standard InChI is InChI=1S/C23H27N3O3S/c1-16-6-3-10-21(17(16)2)23(22-13-24-15-25-22)18-7-4-8-19(12-18)26-30(27,28)14-20-9-5-11-29-20/h3-4,6-8,10,12-13,15,20,23,26H,5,9,11,14H2,1-2H3,(H,24,25)/t20-,23?/m1/s1. The Labute approximate surface area is 177 Å². The third-order valence-electron chi connectivity index (χ3n) is 5.71. The average molecular weight is 426 g/mol. The van der Waals surface area contributed by atoms with Gasteiger partial charge in [-0.15, -0.1) is 0 Å². The number of nitrogens with one attached hydrogen (secondary N) is 2. The largest absolute Gasteiger partial charge is 0.377 e. The van der Waals surface area contributed by atoms with Crippen molar-refractivity contribution >= 4 is 15.7 Å². The van der Waals surface area contributed by atoms with Gasteiger partial charge in [-0.05, 0) is 61.1 Å². The lowest BCUT2D eigenvalue weighted by Crippen LogP contribution is -2.25. The highest BCUT2D eigenvalue weighted by Gasteiger charge is 2.24. The van der Waals surface area contributed by atoms with Gasteiger partial charge in [0.15, 0.2) is 0 Å². The van der Waals surface area contributed by atoms with Gasteiger partial charge in [0.05, 0.1) is 24.1 Å². The van der Waals surface area contributed by atoms with Crippen molar-refractivity contribution in [2.45, 2.75) is 38.7 Å². The van der Waals surface area contributed by atoms with Crippen LogP contribution in [0.1, 0.15) is 46.7 Å². The molecule has 0 bridgehead atoms. The normalized spacial score (nSPS) is 17.7. The van der Waals surface area contributed by atoms with E-state index in [-0.39, 0.29) is 17.8 Å². The van der Waals surface area contributed by atoms with Crippen molar-refractivity contribution in [1.82, 2.24) is 9.97 Å². The number of anilines is 1. The summed E-state index contributed by atoms with van der Waals surface area (Å²) in [4.78, 5) is 7.43. The summed E-state index contributed by atoms with van der Waals surface area (Å²) in [5, 5.41) is 0. The quantitative estimate of drug-likeness (QED) is 0.596. The van der Waals surface area contributed by atoms with E-state index in [2.05, 4.69) is 46.7 Å². The molecule has 2 atom stereocenters. The number of imidazole rings is 1. The maximum Gasteiger partial charge on any atom is 0.235 e. The fourth-order valence-electron chi connectivity index (χ4n) is 4.06. The molecule has 7 heteroatoms. The van der Waals surface area contributed by atoms with Crippen molar-refractivity contribution in [2.75, 3.05) is 17.1 Å².